The van der Waals surface area contributed by atoms with Gasteiger partial charge < -0.3 is 15.0 Å². The molecule has 0 saturated carbocycles. The third kappa shape index (κ3) is 3.43. The summed E-state index contributed by atoms with van der Waals surface area (Å²) in [5.74, 6) is 1.34. The summed E-state index contributed by atoms with van der Waals surface area (Å²) in [5, 5.41) is 29.1. The van der Waals surface area contributed by atoms with Gasteiger partial charge in [0.2, 0.25) is 11.8 Å². The number of aryl methyl sites for hydroxylation is 1. The normalized spacial score (nSPS) is 16.3. The Hall–Kier alpha value is -3.94. The van der Waals surface area contributed by atoms with E-state index >= 15 is 0 Å². The number of nitriles is 1. The number of methoxy groups -OCH3 is 1. The molecule has 3 heterocycles. The predicted octanol–water partition coefficient (Wildman–Crippen LogP) is 2.23. The molecule has 154 valence electrons. The van der Waals surface area contributed by atoms with Gasteiger partial charge in [-0.3, -0.25) is 14.8 Å². The van der Waals surface area contributed by atoms with Gasteiger partial charge in [-0.1, -0.05) is 6.07 Å². The molecule has 11 heteroatoms. The number of hydrogen-bond donors (Lipinski definition) is 1. The van der Waals surface area contributed by atoms with Gasteiger partial charge in [0.1, 0.15) is 17.1 Å². The zero-order valence-corrected chi connectivity index (χ0v) is 16.6. The van der Waals surface area contributed by atoms with Crippen LogP contribution in [0.15, 0.2) is 24.4 Å². The maximum absolute atomic E-state index is 11.4. The standard InChI is InChI=1S/C19H20N8O3/c1-25-16-14(6-3-7-15(16)27(28)29)17(24-25)26-8-4-5-13(11-26)22-19-21-10-12(9-20)18(23-19)30-2/h3,6-7,10,13H,4-5,8,11H2,1-2H3,(H,21,22,23). The SMILES string of the molecule is COc1nc(NC2CCCN(c3nn(C)c4c([N+](=O)[O-])cccc34)C2)ncc1C#N. The van der Waals surface area contributed by atoms with Crippen LogP contribution < -0.4 is 15.0 Å². The molecule has 3 aromatic rings. The maximum atomic E-state index is 11.4. The summed E-state index contributed by atoms with van der Waals surface area (Å²) >= 11 is 0. The molecule has 1 unspecified atom stereocenters. The first-order valence-corrected chi connectivity index (χ1v) is 9.44. The second-order valence-electron chi connectivity index (χ2n) is 7.04. The van der Waals surface area contributed by atoms with E-state index < -0.39 is 0 Å². The van der Waals surface area contributed by atoms with Crippen molar-refractivity contribution in [2.75, 3.05) is 30.4 Å². The number of aromatic nitrogens is 4. The number of nitrogens with zero attached hydrogens (tertiary/aromatic N) is 7. The van der Waals surface area contributed by atoms with Crippen molar-refractivity contribution < 1.29 is 9.66 Å². The van der Waals surface area contributed by atoms with E-state index in [1.807, 2.05) is 12.1 Å². The molecule has 4 rings (SSSR count). The van der Waals surface area contributed by atoms with Crippen molar-refractivity contribution in [2.24, 2.45) is 7.05 Å². The molecule has 1 fully saturated rings. The van der Waals surface area contributed by atoms with Crippen molar-refractivity contribution >= 4 is 28.4 Å². The molecule has 1 aromatic carbocycles. The van der Waals surface area contributed by atoms with E-state index in [4.69, 9.17) is 10.00 Å². The number of nitrogens with one attached hydrogen (secondary N) is 1. The van der Waals surface area contributed by atoms with Crippen LogP contribution in [0.25, 0.3) is 10.9 Å². The third-order valence-corrected chi connectivity index (χ3v) is 5.14. The Balaban J connectivity index is 1.59. The Kier molecular flexibility index (Phi) is 5.05. The molecule has 0 amide bonds. The molecule has 30 heavy (non-hydrogen) atoms. The maximum Gasteiger partial charge on any atom is 0.295 e. The lowest BCUT2D eigenvalue weighted by Gasteiger charge is -2.33. The van der Waals surface area contributed by atoms with E-state index in [1.165, 1.54) is 19.4 Å². The topological polar surface area (TPSA) is 135 Å². The molecule has 1 atom stereocenters. The highest BCUT2D eigenvalue weighted by Gasteiger charge is 2.27. The van der Waals surface area contributed by atoms with Gasteiger partial charge >= 0.3 is 0 Å². The van der Waals surface area contributed by atoms with Crippen LogP contribution in [-0.4, -0.2) is 50.9 Å². The third-order valence-electron chi connectivity index (χ3n) is 5.14. The average molecular weight is 408 g/mol. The number of para-hydroxylation sites is 1. The van der Waals surface area contributed by atoms with Crippen LogP contribution in [-0.2, 0) is 7.05 Å². The van der Waals surface area contributed by atoms with Gasteiger partial charge in [-0.15, -0.1) is 0 Å². The summed E-state index contributed by atoms with van der Waals surface area (Å²) in [5.41, 5.74) is 0.820. The lowest BCUT2D eigenvalue weighted by atomic mass is 10.1. The monoisotopic (exact) mass is 408 g/mol. The van der Waals surface area contributed by atoms with Gasteiger partial charge in [-0.05, 0) is 18.9 Å². The highest BCUT2D eigenvalue weighted by molar-refractivity contribution is 5.96. The zero-order valence-electron chi connectivity index (χ0n) is 16.6. The minimum atomic E-state index is -0.385. The van der Waals surface area contributed by atoms with Crippen LogP contribution in [0.2, 0.25) is 0 Å². The number of non-ortho nitro benzene ring substituents is 1. The fourth-order valence-corrected chi connectivity index (χ4v) is 3.82. The van der Waals surface area contributed by atoms with Gasteiger partial charge in [0.25, 0.3) is 5.69 Å². The van der Waals surface area contributed by atoms with Crippen LogP contribution in [0.5, 0.6) is 5.88 Å². The van der Waals surface area contributed by atoms with Crippen molar-refractivity contribution in [1.29, 1.82) is 5.26 Å². The Morgan fingerprint density at radius 1 is 1.43 bits per heavy atom. The molecule has 0 spiro atoms. The number of anilines is 2. The fourth-order valence-electron chi connectivity index (χ4n) is 3.82. The molecule has 1 aliphatic rings. The van der Waals surface area contributed by atoms with Gasteiger partial charge in [-0.25, -0.2) is 4.98 Å². The quantitative estimate of drug-likeness (QED) is 0.498. The van der Waals surface area contributed by atoms with Crippen molar-refractivity contribution in [2.45, 2.75) is 18.9 Å². The van der Waals surface area contributed by atoms with E-state index in [0.717, 1.165) is 30.6 Å². The van der Waals surface area contributed by atoms with Crippen molar-refractivity contribution in [3.05, 3.63) is 40.1 Å². The molecule has 11 nitrogen and oxygen atoms in total. The Morgan fingerprint density at radius 2 is 2.27 bits per heavy atom. The number of piperidine rings is 1. The predicted molar refractivity (Wildman–Crippen MR) is 110 cm³/mol. The lowest BCUT2D eigenvalue weighted by Crippen LogP contribution is -2.42. The summed E-state index contributed by atoms with van der Waals surface area (Å²) in [6.45, 7) is 1.44. The van der Waals surface area contributed by atoms with E-state index in [0.29, 0.717) is 18.0 Å². The van der Waals surface area contributed by atoms with Crippen molar-refractivity contribution in [3.63, 3.8) is 0 Å². The lowest BCUT2D eigenvalue weighted by molar-refractivity contribution is -0.383. The highest BCUT2D eigenvalue weighted by atomic mass is 16.6. The fraction of sp³-hybridized carbons (Fsp3) is 0.368. The molecular weight excluding hydrogens is 388 g/mol. The minimum absolute atomic E-state index is 0.0403. The van der Waals surface area contributed by atoms with E-state index in [-0.39, 0.29) is 28.1 Å². The number of ether oxygens (including phenoxy) is 1. The van der Waals surface area contributed by atoms with Crippen molar-refractivity contribution in [3.8, 4) is 11.9 Å². The first kappa shape index (κ1) is 19.4. The number of fused-ring (bicyclic) bond motifs is 1. The van der Waals surface area contributed by atoms with Gasteiger partial charge in [0.05, 0.1) is 23.6 Å². The summed E-state index contributed by atoms with van der Waals surface area (Å²) in [4.78, 5) is 21.6. The molecule has 1 aliphatic heterocycles. The van der Waals surface area contributed by atoms with Gasteiger partial charge in [0, 0.05) is 32.2 Å². The highest BCUT2D eigenvalue weighted by Crippen LogP contribution is 2.33. The van der Waals surface area contributed by atoms with Crippen LogP contribution in [0.4, 0.5) is 17.5 Å². The van der Waals surface area contributed by atoms with E-state index in [9.17, 15) is 10.1 Å². The molecular formula is C19H20N8O3. The molecule has 2 aromatic heterocycles. The first-order valence-electron chi connectivity index (χ1n) is 9.44. The van der Waals surface area contributed by atoms with E-state index in [1.54, 1.807) is 17.8 Å². The summed E-state index contributed by atoms with van der Waals surface area (Å²) in [6.07, 6.45) is 3.26. The zero-order chi connectivity index (χ0) is 21.3. The van der Waals surface area contributed by atoms with E-state index in [2.05, 4.69) is 25.3 Å². The molecule has 1 N–H and O–H groups in total. The Bertz CT molecular complexity index is 1150. The van der Waals surface area contributed by atoms with Crippen molar-refractivity contribution in [1.82, 2.24) is 19.7 Å². The average Bonchev–Trinajstić information content (AvgIpc) is 3.10. The van der Waals surface area contributed by atoms with Gasteiger partial charge in [0.15, 0.2) is 5.82 Å². The van der Waals surface area contributed by atoms with Gasteiger partial charge in [-0.2, -0.15) is 15.3 Å². The number of nitro benzene ring substituents is 1. The smallest absolute Gasteiger partial charge is 0.295 e. The first-order chi connectivity index (χ1) is 14.5. The second-order valence-corrected chi connectivity index (χ2v) is 7.04. The minimum Gasteiger partial charge on any atom is -0.480 e. The molecule has 0 radical (unpaired) electrons. The Morgan fingerprint density at radius 3 is 3.00 bits per heavy atom. The molecule has 1 saturated heterocycles. The largest absolute Gasteiger partial charge is 0.480 e. The number of rotatable bonds is 5. The second kappa shape index (κ2) is 7.82. The van der Waals surface area contributed by atoms with Crippen LogP contribution >= 0.6 is 0 Å². The summed E-state index contributed by atoms with van der Waals surface area (Å²) in [7, 11) is 3.18. The van der Waals surface area contributed by atoms with Crippen LogP contribution in [0.3, 0.4) is 0 Å². The summed E-state index contributed by atoms with van der Waals surface area (Å²) in [6, 6.07) is 7.07. The molecule has 0 bridgehead atoms. The number of nitro groups is 1. The Labute approximate surface area is 172 Å². The summed E-state index contributed by atoms with van der Waals surface area (Å²) < 4.78 is 6.71. The van der Waals surface area contributed by atoms with Crippen LogP contribution in [0.1, 0.15) is 18.4 Å². The number of hydrogen-bond acceptors (Lipinski definition) is 9. The molecule has 0 aliphatic carbocycles. The number of benzene rings is 1. The van der Waals surface area contributed by atoms with Crippen LogP contribution in [0, 0.1) is 21.4 Å².